The molecule has 0 saturated carbocycles. The lowest BCUT2D eigenvalue weighted by molar-refractivity contribution is 0.0204. The molecule has 0 bridgehead atoms. The molecule has 0 atom stereocenters. The van der Waals surface area contributed by atoms with E-state index >= 15 is 0 Å². The van der Waals surface area contributed by atoms with E-state index in [1.807, 2.05) is 45.2 Å². The monoisotopic (exact) mass is 417 g/mol. The first-order valence-electron chi connectivity index (χ1n) is 10.3. The molecule has 0 aliphatic carbocycles. The number of esters is 1. The number of amides is 1. The highest BCUT2D eigenvalue weighted by Crippen LogP contribution is 2.30. The number of rotatable bonds is 4. The van der Waals surface area contributed by atoms with E-state index in [0.29, 0.717) is 30.0 Å². The van der Waals surface area contributed by atoms with Gasteiger partial charge in [0.1, 0.15) is 22.6 Å². The maximum atomic E-state index is 12.3. The van der Waals surface area contributed by atoms with Crippen molar-refractivity contribution in [1.29, 1.82) is 0 Å². The Labute approximate surface area is 177 Å². The molecule has 0 aromatic carbocycles. The van der Waals surface area contributed by atoms with Crippen molar-refractivity contribution in [2.45, 2.75) is 65.1 Å². The van der Waals surface area contributed by atoms with Gasteiger partial charge in [-0.15, -0.1) is 0 Å². The van der Waals surface area contributed by atoms with Gasteiger partial charge in [-0.05, 0) is 47.5 Å². The number of methoxy groups -OCH3 is 1. The number of piperidine rings is 1. The second-order valence-corrected chi connectivity index (χ2v) is 8.88. The van der Waals surface area contributed by atoms with E-state index in [-0.39, 0.29) is 18.1 Å². The average Bonchev–Trinajstić information content (AvgIpc) is 3.08. The molecule has 2 aromatic rings. The van der Waals surface area contributed by atoms with Crippen LogP contribution in [-0.2, 0) is 9.47 Å². The number of imidazole rings is 1. The number of fused-ring (bicyclic) bond motifs is 1. The van der Waals surface area contributed by atoms with Crippen molar-refractivity contribution in [3.63, 3.8) is 0 Å². The third-order valence-electron chi connectivity index (χ3n) is 4.91. The van der Waals surface area contributed by atoms with Gasteiger partial charge in [0.15, 0.2) is 0 Å². The summed E-state index contributed by atoms with van der Waals surface area (Å²) in [5.41, 5.74) is 1.52. The molecule has 8 nitrogen and oxygen atoms in total. The molecule has 3 heterocycles. The fourth-order valence-electron chi connectivity index (χ4n) is 3.53. The second kappa shape index (κ2) is 8.53. The van der Waals surface area contributed by atoms with Crippen LogP contribution in [0.15, 0.2) is 18.5 Å². The first-order valence-corrected chi connectivity index (χ1v) is 10.3. The van der Waals surface area contributed by atoms with Crippen molar-refractivity contribution < 1.29 is 23.8 Å². The van der Waals surface area contributed by atoms with Crippen LogP contribution < -0.4 is 4.74 Å². The molecule has 30 heavy (non-hydrogen) atoms. The molecule has 0 unspecified atom stereocenters. The minimum absolute atomic E-state index is 0.0810. The minimum Gasteiger partial charge on any atom is -0.490 e. The molecule has 1 aliphatic heterocycles. The maximum absolute atomic E-state index is 12.3. The second-order valence-electron chi connectivity index (χ2n) is 8.88. The predicted molar refractivity (Wildman–Crippen MR) is 112 cm³/mol. The zero-order chi connectivity index (χ0) is 22.1. The molecule has 1 aliphatic rings. The summed E-state index contributed by atoms with van der Waals surface area (Å²) < 4.78 is 18.0. The lowest BCUT2D eigenvalue weighted by atomic mass is 9.94. The number of pyridine rings is 1. The number of ether oxygens (including phenoxy) is 3. The van der Waals surface area contributed by atoms with Gasteiger partial charge in [0.2, 0.25) is 0 Å². The van der Waals surface area contributed by atoms with Crippen LogP contribution in [0, 0.1) is 0 Å². The third kappa shape index (κ3) is 5.04. The number of hydrogen-bond donors (Lipinski definition) is 0. The number of hydrogen-bond acceptors (Lipinski definition) is 6. The summed E-state index contributed by atoms with van der Waals surface area (Å²) in [6.45, 7) is 10.7. The van der Waals surface area contributed by atoms with Gasteiger partial charge in [0.05, 0.1) is 18.9 Å². The molecule has 164 valence electrons. The largest absolute Gasteiger partial charge is 0.490 e. The summed E-state index contributed by atoms with van der Waals surface area (Å²) in [7, 11) is 1.35. The highest BCUT2D eigenvalue weighted by Gasteiger charge is 2.29. The molecule has 2 aromatic heterocycles. The quantitative estimate of drug-likeness (QED) is 0.699. The van der Waals surface area contributed by atoms with E-state index in [2.05, 4.69) is 0 Å². The molecular formula is C22H31N3O5. The highest BCUT2D eigenvalue weighted by molar-refractivity contribution is 5.92. The summed E-state index contributed by atoms with van der Waals surface area (Å²) in [4.78, 5) is 31.0. The summed E-state index contributed by atoms with van der Waals surface area (Å²) in [5.74, 6) is 0.245. The lowest BCUT2D eigenvalue weighted by Gasteiger charge is -2.32. The number of aromatic nitrogens is 2. The molecule has 0 radical (unpaired) electrons. The van der Waals surface area contributed by atoms with E-state index in [0.717, 1.165) is 18.5 Å². The van der Waals surface area contributed by atoms with Crippen molar-refractivity contribution in [2.24, 2.45) is 0 Å². The van der Waals surface area contributed by atoms with Crippen molar-refractivity contribution in [1.82, 2.24) is 14.3 Å². The van der Waals surface area contributed by atoms with Crippen LogP contribution >= 0.6 is 0 Å². The van der Waals surface area contributed by atoms with Crippen LogP contribution in [0.5, 0.6) is 5.75 Å². The lowest BCUT2D eigenvalue weighted by Crippen LogP contribution is -2.41. The van der Waals surface area contributed by atoms with Gasteiger partial charge in [-0.2, -0.15) is 0 Å². The fraction of sp³-hybridized carbons (Fsp3) is 0.591. The van der Waals surface area contributed by atoms with Crippen LogP contribution in [0.1, 0.15) is 69.4 Å². The van der Waals surface area contributed by atoms with Gasteiger partial charge >= 0.3 is 12.1 Å². The van der Waals surface area contributed by atoms with Gasteiger partial charge in [-0.1, -0.05) is 0 Å². The minimum atomic E-state index is -0.497. The Morgan fingerprint density at radius 1 is 1.17 bits per heavy atom. The van der Waals surface area contributed by atoms with Crippen LogP contribution in [0.2, 0.25) is 0 Å². The smallest absolute Gasteiger partial charge is 0.410 e. The normalized spacial score (nSPS) is 15.5. The molecule has 0 N–H and O–H groups in total. The SMILES string of the molecule is COC(=O)c1cn2cc(C3CCN(C(=O)OC(C)(C)C)CC3)nc2cc1OC(C)C. The van der Waals surface area contributed by atoms with E-state index in [4.69, 9.17) is 19.2 Å². The number of carbonyl (C=O) groups is 2. The van der Waals surface area contributed by atoms with Crippen LogP contribution in [0.25, 0.3) is 5.65 Å². The Kier molecular flexibility index (Phi) is 6.24. The van der Waals surface area contributed by atoms with Crippen LogP contribution in [0.4, 0.5) is 4.79 Å². The van der Waals surface area contributed by atoms with Crippen molar-refractivity contribution >= 4 is 17.7 Å². The molecule has 1 saturated heterocycles. The fourth-order valence-corrected chi connectivity index (χ4v) is 3.53. The zero-order valence-corrected chi connectivity index (χ0v) is 18.6. The molecular weight excluding hydrogens is 386 g/mol. The Morgan fingerprint density at radius 3 is 2.40 bits per heavy atom. The predicted octanol–water partition coefficient (Wildman–Crippen LogP) is 4.02. The standard InChI is InChI=1S/C22H31N3O5/c1-14(2)29-18-11-19-23-17(13-25(19)12-16(18)20(26)28-6)15-7-9-24(10-8-15)21(27)30-22(3,4)5/h11-15H,7-10H2,1-6H3. The van der Waals surface area contributed by atoms with Crippen LogP contribution in [0.3, 0.4) is 0 Å². The van der Waals surface area contributed by atoms with E-state index in [9.17, 15) is 9.59 Å². The molecule has 1 amide bonds. The maximum Gasteiger partial charge on any atom is 0.410 e. The van der Waals surface area contributed by atoms with Gasteiger partial charge in [0, 0.05) is 37.5 Å². The molecule has 3 rings (SSSR count). The number of carbonyl (C=O) groups excluding carboxylic acids is 2. The zero-order valence-electron chi connectivity index (χ0n) is 18.6. The molecule has 1 fully saturated rings. The average molecular weight is 418 g/mol. The Balaban J connectivity index is 1.78. The highest BCUT2D eigenvalue weighted by atomic mass is 16.6. The summed E-state index contributed by atoms with van der Waals surface area (Å²) in [6.07, 6.45) is 4.90. The van der Waals surface area contributed by atoms with Crippen molar-refractivity contribution in [3.8, 4) is 5.75 Å². The van der Waals surface area contributed by atoms with Crippen LogP contribution in [-0.4, -0.2) is 58.3 Å². The van der Waals surface area contributed by atoms with Gasteiger partial charge in [-0.3, -0.25) is 0 Å². The van der Waals surface area contributed by atoms with Gasteiger partial charge in [0.25, 0.3) is 0 Å². The van der Waals surface area contributed by atoms with Gasteiger partial charge in [-0.25, -0.2) is 14.6 Å². The van der Waals surface area contributed by atoms with E-state index < -0.39 is 11.6 Å². The van der Waals surface area contributed by atoms with Gasteiger partial charge < -0.3 is 23.5 Å². The first-order chi connectivity index (χ1) is 14.1. The Bertz CT molecular complexity index is 921. The topological polar surface area (TPSA) is 82.4 Å². The molecule has 0 spiro atoms. The third-order valence-corrected chi connectivity index (χ3v) is 4.91. The number of nitrogens with zero attached hydrogens (tertiary/aromatic N) is 3. The Morgan fingerprint density at radius 2 is 1.83 bits per heavy atom. The number of likely N-dealkylation sites (tertiary alicyclic amines) is 1. The van der Waals surface area contributed by atoms with Crippen molar-refractivity contribution in [2.75, 3.05) is 20.2 Å². The molecule has 8 heteroatoms. The van der Waals surface area contributed by atoms with Crippen molar-refractivity contribution in [3.05, 3.63) is 29.7 Å². The Hall–Kier alpha value is -2.77. The first kappa shape index (κ1) is 21.9. The summed E-state index contributed by atoms with van der Waals surface area (Å²) >= 11 is 0. The van der Waals surface area contributed by atoms with E-state index in [1.165, 1.54) is 7.11 Å². The summed E-state index contributed by atoms with van der Waals surface area (Å²) in [5, 5.41) is 0. The van der Waals surface area contributed by atoms with E-state index in [1.54, 1.807) is 17.2 Å². The summed E-state index contributed by atoms with van der Waals surface area (Å²) in [6, 6.07) is 1.77.